The van der Waals surface area contributed by atoms with E-state index in [9.17, 15) is 14.7 Å². The van der Waals surface area contributed by atoms with Crippen molar-refractivity contribution in [1.82, 2.24) is 10.2 Å². The summed E-state index contributed by atoms with van der Waals surface area (Å²) in [6.45, 7) is 8.12. The zero-order valence-electron chi connectivity index (χ0n) is 35.7. The number of benzene rings is 3. The molecule has 4 rings (SSSR count). The van der Waals surface area contributed by atoms with E-state index in [1.54, 1.807) is 12.1 Å². The van der Waals surface area contributed by atoms with E-state index in [1.807, 2.05) is 24.3 Å². The molecule has 9 heteroatoms. The molecule has 0 radical (unpaired) electrons. The number of hydrogen-bond donors (Lipinski definition) is 4. The van der Waals surface area contributed by atoms with Crippen LogP contribution in [0, 0.1) is 0 Å². The summed E-state index contributed by atoms with van der Waals surface area (Å²) in [7, 11) is 0. The fourth-order valence-corrected chi connectivity index (χ4v) is 7.68. The minimum atomic E-state index is -0.502. The zero-order valence-corrected chi connectivity index (χ0v) is 35.7. The lowest BCUT2D eigenvalue weighted by atomic mass is 9.99. The Morgan fingerprint density at radius 3 is 1.84 bits per heavy atom. The van der Waals surface area contributed by atoms with Crippen LogP contribution in [0.5, 0.6) is 0 Å². The SMILES string of the molecule is CCCCCCCCN(CCCCCCCC)CC1CC(c2ccc(CO)cc2)OC(c2ccc(CNC(=O)CCCCCCC(=O)Nc3ccccc3N)cc2)O1. The van der Waals surface area contributed by atoms with E-state index in [0.717, 1.165) is 74.0 Å². The van der Waals surface area contributed by atoms with Gasteiger partial charge < -0.3 is 35.8 Å². The van der Waals surface area contributed by atoms with Gasteiger partial charge in [-0.3, -0.25) is 9.59 Å². The summed E-state index contributed by atoms with van der Waals surface area (Å²) in [5.74, 6) is -0.00890. The third-order valence-electron chi connectivity index (χ3n) is 11.3. The van der Waals surface area contributed by atoms with Gasteiger partial charge in [-0.05, 0) is 67.6 Å². The summed E-state index contributed by atoms with van der Waals surface area (Å²) in [6.07, 6.45) is 19.9. The molecule has 0 bridgehead atoms. The number of nitrogens with one attached hydrogen (secondary N) is 2. The van der Waals surface area contributed by atoms with Crippen molar-refractivity contribution in [2.45, 2.75) is 167 Å². The fourth-order valence-electron chi connectivity index (χ4n) is 7.68. The van der Waals surface area contributed by atoms with Gasteiger partial charge in [-0.2, -0.15) is 0 Å². The average molecular weight is 799 g/mol. The van der Waals surface area contributed by atoms with Gasteiger partial charge in [-0.1, -0.05) is 152 Å². The molecule has 1 saturated heterocycles. The minimum absolute atomic E-state index is 0.0197. The maximum atomic E-state index is 12.6. The van der Waals surface area contributed by atoms with Crippen molar-refractivity contribution in [3.63, 3.8) is 0 Å². The molecule has 5 N–H and O–H groups in total. The van der Waals surface area contributed by atoms with E-state index in [4.69, 9.17) is 15.2 Å². The maximum Gasteiger partial charge on any atom is 0.224 e. The summed E-state index contributed by atoms with van der Waals surface area (Å²) >= 11 is 0. The highest BCUT2D eigenvalue weighted by atomic mass is 16.7. The first-order valence-electron chi connectivity index (χ1n) is 22.6. The van der Waals surface area contributed by atoms with Gasteiger partial charge in [0.05, 0.1) is 30.2 Å². The molecule has 3 aromatic rings. The van der Waals surface area contributed by atoms with Gasteiger partial charge in [0.15, 0.2) is 6.29 Å². The largest absolute Gasteiger partial charge is 0.397 e. The highest BCUT2D eigenvalue weighted by Crippen LogP contribution is 2.38. The molecule has 58 heavy (non-hydrogen) atoms. The number of anilines is 2. The lowest BCUT2D eigenvalue weighted by Gasteiger charge is -2.38. The Kier molecular flexibility index (Phi) is 22.5. The first-order valence-corrected chi connectivity index (χ1v) is 22.6. The molecule has 1 aliphatic heterocycles. The average Bonchev–Trinajstić information content (AvgIpc) is 3.24. The summed E-state index contributed by atoms with van der Waals surface area (Å²) in [5.41, 5.74) is 11.1. The van der Waals surface area contributed by atoms with Gasteiger partial charge in [0, 0.05) is 37.9 Å². The number of nitrogens with two attached hydrogens (primary N) is 1. The number of rotatable bonds is 29. The quantitative estimate of drug-likeness (QED) is 0.0407. The summed E-state index contributed by atoms with van der Waals surface area (Å²) in [6, 6.07) is 23.6. The van der Waals surface area contributed by atoms with Crippen molar-refractivity contribution in [1.29, 1.82) is 0 Å². The van der Waals surface area contributed by atoms with Gasteiger partial charge in [0.2, 0.25) is 11.8 Å². The number of hydrogen-bond acceptors (Lipinski definition) is 7. The lowest BCUT2D eigenvalue weighted by Crippen LogP contribution is -2.40. The molecule has 2 amide bonds. The van der Waals surface area contributed by atoms with Crippen LogP contribution in [0.1, 0.15) is 170 Å². The van der Waals surface area contributed by atoms with Gasteiger partial charge in [0.1, 0.15) is 0 Å². The van der Waals surface area contributed by atoms with E-state index in [-0.39, 0.29) is 30.6 Å². The molecule has 0 aliphatic carbocycles. The standard InChI is InChI=1S/C49H74N4O5/c1-3-5-7-9-13-19-33-53(34-20-14-10-8-6-4-2)37-43-35-46(41-29-27-40(38-54)28-30-41)58-49(57-43)42-31-25-39(26-32-42)36-51-47(55)23-15-11-12-16-24-48(56)52-45-22-18-17-21-44(45)50/h17-18,21-22,25-32,43,46,49,54H,3-16,19-20,23-24,33-38,50H2,1-2H3,(H,51,55)(H,52,56). The number of carbonyl (C=O) groups excluding carboxylic acids is 2. The fraction of sp³-hybridized carbons (Fsp3) is 0.592. The smallest absolute Gasteiger partial charge is 0.224 e. The number of amides is 2. The predicted molar refractivity (Wildman–Crippen MR) is 237 cm³/mol. The molecule has 1 heterocycles. The van der Waals surface area contributed by atoms with Crippen molar-refractivity contribution >= 4 is 23.2 Å². The van der Waals surface area contributed by atoms with Crippen LogP contribution in [0.25, 0.3) is 0 Å². The number of nitrogen functional groups attached to an aromatic ring is 1. The van der Waals surface area contributed by atoms with Crippen LogP contribution in [0.4, 0.5) is 11.4 Å². The first kappa shape index (κ1) is 46.9. The third kappa shape index (κ3) is 18.0. The Hall–Kier alpha value is -3.76. The molecule has 1 aliphatic rings. The molecule has 3 unspecified atom stereocenters. The molecule has 0 saturated carbocycles. The summed E-state index contributed by atoms with van der Waals surface area (Å²) in [4.78, 5) is 27.5. The van der Waals surface area contributed by atoms with Crippen LogP contribution in [-0.2, 0) is 32.2 Å². The summed E-state index contributed by atoms with van der Waals surface area (Å²) in [5, 5.41) is 15.6. The predicted octanol–water partition coefficient (Wildman–Crippen LogP) is 10.9. The Bertz CT molecular complexity index is 1550. The number of para-hydroxylation sites is 2. The van der Waals surface area contributed by atoms with Crippen LogP contribution < -0.4 is 16.4 Å². The maximum absolute atomic E-state index is 12.6. The van der Waals surface area contributed by atoms with Crippen molar-refractivity contribution in [2.24, 2.45) is 0 Å². The zero-order chi connectivity index (χ0) is 41.2. The second-order valence-electron chi connectivity index (χ2n) is 16.3. The van der Waals surface area contributed by atoms with E-state index in [1.165, 1.54) is 77.0 Å². The molecular weight excluding hydrogens is 725 g/mol. The van der Waals surface area contributed by atoms with Crippen LogP contribution in [0.15, 0.2) is 72.8 Å². The molecular formula is C49H74N4O5. The van der Waals surface area contributed by atoms with Gasteiger partial charge in [-0.25, -0.2) is 0 Å². The van der Waals surface area contributed by atoms with Crippen molar-refractivity contribution in [2.75, 3.05) is 30.7 Å². The number of aliphatic hydroxyl groups is 1. The second-order valence-corrected chi connectivity index (χ2v) is 16.3. The van der Waals surface area contributed by atoms with Crippen molar-refractivity contribution < 1.29 is 24.2 Å². The third-order valence-corrected chi connectivity index (χ3v) is 11.3. The number of unbranched alkanes of at least 4 members (excludes halogenated alkanes) is 13. The molecule has 3 atom stereocenters. The molecule has 1 fully saturated rings. The molecule has 0 aromatic heterocycles. The number of carbonyl (C=O) groups is 2. The van der Waals surface area contributed by atoms with Gasteiger partial charge in [0.25, 0.3) is 0 Å². The van der Waals surface area contributed by atoms with Crippen LogP contribution in [0.2, 0.25) is 0 Å². The normalized spacial score (nSPS) is 16.7. The van der Waals surface area contributed by atoms with Gasteiger partial charge >= 0.3 is 0 Å². The van der Waals surface area contributed by atoms with Gasteiger partial charge in [-0.15, -0.1) is 0 Å². The van der Waals surface area contributed by atoms with Crippen LogP contribution in [0.3, 0.4) is 0 Å². The highest BCUT2D eigenvalue weighted by Gasteiger charge is 2.33. The molecule has 320 valence electrons. The van der Waals surface area contributed by atoms with E-state index in [0.29, 0.717) is 30.8 Å². The minimum Gasteiger partial charge on any atom is -0.397 e. The van der Waals surface area contributed by atoms with E-state index < -0.39 is 6.29 Å². The molecule has 3 aromatic carbocycles. The van der Waals surface area contributed by atoms with Crippen LogP contribution in [-0.4, -0.2) is 47.6 Å². The molecule has 0 spiro atoms. The second kappa shape index (κ2) is 27.8. The monoisotopic (exact) mass is 799 g/mol. The Balaban J connectivity index is 1.27. The lowest BCUT2D eigenvalue weighted by molar-refractivity contribution is -0.253. The first-order chi connectivity index (χ1) is 28.4. The van der Waals surface area contributed by atoms with E-state index in [2.05, 4.69) is 65.8 Å². The molecule has 9 nitrogen and oxygen atoms in total. The van der Waals surface area contributed by atoms with Crippen molar-refractivity contribution in [3.8, 4) is 0 Å². The number of nitrogens with zero attached hydrogens (tertiary/aromatic N) is 1. The Morgan fingerprint density at radius 2 is 1.22 bits per heavy atom. The number of ether oxygens (including phenoxy) is 2. The van der Waals surface area contributed by atoms with E-state index >= 15 is 0 Å². The van der Waals surface area contributed by atoms with Crippen molar-refractivity contribution in [3.05, 3.63) is 95.1 Å². The Labute approximate surface area is 349 Å². The Morgan fingerprint density at radius 1 is 0.672 bits per heavy atom. The van der Waals surface area contributed by atoms with Crippen LogP contribution >= 0.6 is 0 Å². The number of aliphatic hydroxyl groups excluding tert-OH is 1. The topological polar surface area (TPSA) is 126 Å². The summed E-state index contributed by atoms with van der Waals surface area (Å²) < 4.78 is 13.4. The highest BCUT2D eigenvalue weighted by molar-refractivity contribution is 5.93.